The van der Waals surface area contributed by atoms with Gasteiger partial charge in [0.25, 0.3) is 0 Å². The van der Waals surface area contributed by atoms with Crippen molar-refractivity contribution < 1.29 is 23.1 Å². The molecule has 0 unspecified atom stereocenters. The minimum Gasteiger partial charge on any atom is -0.487 e. The van der Waals surface area contributed by atoms with E-state index in [1.165, 1.54) is 6.07 Å². The zero-order valence-corrected chi connectivity index (χ0v) is 15.4. The minimum atomic E-state index is -3.97. The van der Waals surface area contributed by atoms with Gasteiger partial charge in [-0.25, -0.2) is 8.42 Å². The first-order chi connectivity index (χ1) is 12.2. The molecule has 26 heavy (non-hydrogen) atoms. The van der Waals surface area contributed by atoms with Crippen molar-refractivity contribution in [3.63, 3.8) is 0 Å². The summed E-state index contributed by atoms with van der Waals surface area (Å²) in [6, 6.07) is 12.3. The smallest absolute Gasteiger partial charge is 0.322 e. The maximum atomic E-state index is 12.7. The Morgan fingerprint density at radius 2 is 1.92 bits per heavy atom. The van der Waals surface area contributed by atoms with Gasteiger partial charge >= 0.3 is 5.97 Å². The predicted octanol–water partition coefficient (Wildman–Crippen LogP) is 2.37. The Hall–Kier alpha value is -2.38. The summed E-state index contributed by atoms with van der Waals surface area (Å²) in [5.41, 5.74) is 1.16. The van der Waals surface area contributed by atoms with Crippen molar-refractivity contribution in [3.05, 3.63) is 59.7 Å². The fourth-order valence-electron chi connectivity index (χ4n) is 3.04. The lowest BCUT2D eigenvalue weighted by molar-refractivity contribution is -0.138. The van der Waals surface area contributed by atoms with Gasteiger partial charge in [0.2, 0.25) is 10.0 Å². The molecule has 0 radical (unpaired) electrons. The van der Waals surface area contributed by atoms with Crippen molar-refractivity contribution in [1.82, 2.24) is 4.72 Å². The summed E-state index contributed by atoms with van der Waals surface area (Å²) >= 11 is 0. The maximum Gasteiger partial charge on any atom is 0.322 e. The third kappa shape index (κ3) is 4.05. The van der Waals surface area contributed by atoms with Crippen LogP contribution in [0.15, 0.2) is 53.4 Å². The molecule has 0 aromatic heterocycles. The molecule has 138 valence electrons. The summed E-state index contributed by atoms with van der Waals surface area (Å²) in [5, 5.41) is 9.42. The third-order valence-corrected chi connectivity index (χ3v) is 5.69. The molecule has 0 fully saturated rings. The van der Waals surface area contributed by atoms with E-state index in [9.17, 15) is 18.3 Å². The molecule has 1 aliphatic rings. The SMILES string of the molecule is CC1(C)Cc2cc(S(=O)(=O)N[C@H](Cc3ccccc3)C(=O)O)ccc2O1. The van der Waals surface area contributed by atoms with Gasteiger partial charge in [-0.15, -0.1) is 0 Å². The molecular weight excluding hydrogens is 354 g/mol. The monoisotopic (exact) mass is 375 g/mol. The Kier molecular flexibility index (Phi) is 4.77. The van der Waals surface area contributed by atoms with Crippen LogP contribution >= 0.6 is 0 Å². The van der Waals surface area contributed by atoms with E-state index in [4.69, 9.17) is 4.74 Å². The van der Waals surface area contributed by atoms with Crippen LogP contribution in [0.25, 0.3) is 0 Å². The normalized spacial score (nSPS) is 16.5. The third-order valence-electron chi connectivity index (χ3n) is 4.22. The van der Waals surface area contributed by atoms with Gasteiger partial charge in [0.1, 0.15) is 17.4 Å². The van der Waals surface area contributed by atoms with Crippen LogP contribution in [0, 0.1) is 0 Å². The van der Waals surface area contributed by atoms with E-state index in [2.05, 4.69) is 4.72 Å². The summed E-state index contributed by atoms with van der Waals surface area (Å²) < 4.78 is 33.4. The standard InChI is InChI=1S/C19H21NO5S/c1-19(2)12-14-11-15(8-9-17(14)25-19)26(23,24)20-16(18(21)22)10-13-6-4-3-5-7-13/h3-9,11,16,20H,10,12H2,1-2H3,(H,21,22)/t16-/m1/s1. The highest BCUT2D eigenvalue weighted by molar-refractivity contribution is 7.89. The van der Waals surface area contributed by atoms with Crippen molar-refractivity contribution >= 4 is 16.0 Å². The van der Waals surface area contributed by atoms with Gasteiger partial charge in [0, 0.05) is 6.42 Å². The number of fused-ring (bicyclic) bond motifs is 1. The van der Waals surface area contributed by atoms with Gasteiger partial charge in [0.05, 0.1) is 4.90 Å². The van der Waals surface area contributed by atoms with Gasteiger partial charge in [-0.2, -0.15) is 4.72 Å². The van der Waals surface area contributed by atoms with Crippen molar-refractivity contribution in [1.29, 1.82) is 0 Å². The number of carbonyl (C=O) groups is 1. The van der Waals surface area contributed by atoms with Gasteiger partial charge in [-0.1, -0.05) is 30.3 Å². The molecule has 3 rings (SSSR count). The van der Waals surface area contributed by atoms with Gasteiger partial charge < -0.3 is 9.84 Å². The fraction of sp³-hybridized carbons (Fsp3) is 0.316. The number of carboxylic acid groups (broad SMARTS) is 1. The lowest BCUT2D eigenvalue weighted by atomic mass is 10.0. The number of ether oxygens (including phenoxy) is 1. The molecule has 1 atom stereocenters. The number of carboxylic acids is 1. The topological polar surface area (TPSA) is 92.7 Å². The number of hydrogen-bond donors (Lipinski definition) is 2. The first-order valence-corrected chi connectivity index (χ1v) is 9.76. The molecule has 2 N–H and O–H groups in total. The summed E-state index contributed by atoms with van der Waals surface area (Å²) in [5.74, 6) is -0.559. The summed E-state index contributed by atoms with van der Waals surface area (Å²) in [6.07, 6.45) is 0.661. The summed E-state index contributed by atoms with van der Waals surface area (Å²) in [6.45, 7) is 3.86. The zero-order chi connectivity index (χ0) is 18.9. The van der Waals surface area contributed by atoms with Crippen LogP contribution < -0.4 is 9.46 Å². The van der Waals surface area contributed by atoms with Crippen LogP contribution in [-0.2, 0) is 27.7 Å². The summed E-state index contributed by atoms with van der Waals surface area (Å²) in [4.78, 5) is 11.6. The van der Waals surface area contributed by atoms with Crippen LogP contribution in [0.1, 0.15) is 25.0 Å². The number of rotatable bonds is 6. The second kappa shape index (κ2) is 6.74. The maximum absolute atomic E-state index is 12.7. The van der Waals surface area contributed by atoms with Crippen molar-refractivity contribution in [2.24, 2.45) is 0 Å². The number of benzene rings is 2. The van der Waals surface area contributed by atoms with Crippen molar-refractivity contribution in [2.45, 2.75) is 43.2 Å². The second-order valence-electron chi connectivity index (χ2n) is 7.01. The lowest BCUT2D eigenvalue weighted by Crippen LogP contribution is -2.42. The number of nitrogens with one attached hydrogen (secondary N) is 1. The lowest BCUT2D eigenvalue weighted by Gasteiger charge is -2.16. The number of sulfonamides is 1. The second-order valence-corrected chi connectivity index (χ2v) is 8.72. The van der Waals surface area contributed by atoms with E-state index in [1.807, 2.05) is 19.9 Å². The molecule has 6 nitrogen and oxygen atoms in total. The molecule has 1 heterocycles. The molecule has 0 spiro atoms. The molecule has 2 aromatic rings. The Labute approximate surface area is 152 Å². The molecular formula is C19H21NO5S. The molecule has 0 bridgehead atoms. The molecule has 2 aromatic carbocycles. The van der Waals surface area contributed by atoms with Gasteiger partial charge in [-0.3, -0.25) is 4.79 Å². The highest BCUT2D eigenvalue weighted by Gasteiger charge is 2.32. The van der Waals surface area contributed by atoms with Crippen LogP contribution in [0.5, 0.6) is 5.75 Å². The highest BCUT2D eigenvalue weighted by Crippen LogP contribution is 2.36. The Balaban J connectivity index is 1.82. The van der Waals surface area contributed by atoms with E-state index < -0.39 is 22.0 Å². The number of hydrogen-bond acceptors (Lipinski definition) is 4. The molecule has 0 aliphatic carbocycles. The fourth-order valence-corrected chi connectivity index (χ4v) is 4.28. The average molecular weight is 375 g/mol. The van der Waals surface area contributed by atoms with Crippen LogP contribution in [0.3, 0.4) is 0 Å². The average Bonchev–Trinajstić information content (AvgIpc) is 2.87. The first-order valence-electron chi connectivity index (χ1n) is 8.27. The predicted molar refractivity (Wildman–Crippen MR) is 96.7 cm³/mol. The molecule has 7 heteroatoms. The van der Waals surface area contributed by atoms with E-state index in [1.54, 1.807) is 36.4 Å². The molecule has 0 saturated carbocycles. The molecule has 0 saturated heterocycles. The highest BCUT2D eigenvalue weighted by atomic mass is 32.2. The van der Waals surface area contributed by atoms with Crippen molar-refractivity contribution in [3.8, 4) is 5.75 Å². The van der Waals surface area contributed by atoms with Crippen molar-refractivity contribution in [2.75, 3.05) is 0 Å². The quantitative estimate of drug-likeness (QED) is 0.809. The minimum absolute atomic E-state index is 0.0388. The van der Waals surface area contributed by atoms with E-state index in [-0.39, 0.29) is 16.9 Å². The number of aliphatic carboxylic acids is 1. The zero-order valence-electron chi connectivity index (χ0n) is 14.6. The Morgan fingerprint density at radius 1 is 1.23 bits per heavy atom. The Morgan fingerprint density at radius 3 is 2.58 bits per heavy atom. The molecule has 0 amide bonds. The van der Waals surface area contributed by atoms with Gasteiger partial charge in [-0.05, 0) is 49.6 Å². The summed E-state index contributed by atoms with van der Waals surface area (Å²) in [7, 11) is -3.97. The van der Waals surface area contributed by atoms with E-state index in [0.717, 1.165) is 11.1 Å². The van der Waals surface area contributed by atoms with Crippen LogP contribution in [0.2, 0.25) is 0 Å². The van der Waals surface area contributed by atoms with Crippen LogP contribution in [-0.4, -0.2) is 31.1 Å². The van der Waals surface area contributed by atoms with Gasteiger partial charge in [0.15, 0.2) is 0 Å². The molecule has 1 aliphatic heterocycles. The van der Waals surface area contributed by atoms with E-state index in [0.29, 0.717) is 12.2 Å². The largest absolute Gasteiger partial charge is 0.487 e. The Bertz CT molecular complexity index is 922. The van der Waals surface area contributed by atoms with Crippen LogP contribution in [0.4, 0.5) is 0 Å². The van der Waals surface area contributed by atoms with E-state index >= 15 is 0 Å². The first kappa shape index (κ1) is 18.4.